The Morgan fingerprint density at radius 3 is 2.21 bits per heavy atom. The zero-order valence-electron chi connectivity index (χ0n) is 15.7. The van der Waals surface area contributed by atoms with Gasteiger partial charge in [-0.3, -0.25) is 14.5 Å². The molecular weight excluding hydrogens is 368 g/mol. The number of aryl methyl sites for hydroxylation is 1. The van der Waals surface area contributed by atoms with Gasteiger partial charge in [-0.2, -0.15) is 8.78 Å². The van der Waals surface area contributed by atoms with Gasteiger partial charge in [-0.05, 0) is 49.4 Å². The second-order valence-corrected chi connectivity index (χ2v) is 6.18. The number of hydrogen-bond acceptors (Lipinski definition) is 4. The predicted molar refractivity (Wildman–Crippen MR) is 104 cm³/mol. The Kier molecular flexibility index (Phi) is 7.88. The second kappa shape index (κ2) is 10.4. The lowest BCUT2D eigenvalue weighted by molar-refractivity contribution is -0.119. The van der Waals surface area contributed by atoms with Gasteiger partial charge in [0.25, 0.3) is 0 Å². The molecule has 8 heteroatoms. The Balaban J connectivity index is 1.81. The summed E-state index contributed by atoms with van der Waals surface area (Å²) in [5.41, 5.74) is 2.25. The van der Waals surface area contributed by atoms with Gasteiger partial charge < -0.3 is 15.4 Å². The van der Waals surface area contributed by atoms with E-state index in [4.69, 9.17) is 0 Å². The summed E-state index contributed by atoms with van der Waals surface area (Å²) in [5.74, 6) is -0.536. The fraction of sp³-hybridized carbons (Fsp3) is 0.300. The van der Waals surface area contributed by atoms with E-state index in [1.165, 1.54) is 24.3 Å². The van der Waals surface area contributed by atoms with Gasteiger partial charge >= 0.3 is 6.61 Å². The molecule has 2 N–H and O–H groups in total. The number of carbonyl (C=O) groups excluding carboxylic acids is 2. The smallest absolute Gasteiger partial charge is 0.387 e. The highest BCUT2D eigenvalue weighted by Gasteiger charge is 2.12. The van der Waals surface area contributed by atoms with Crippen LogP contribution >= 0.6 is 0 Å². The molecule has 0 heterocycles. The summed E-state index contributed by atoms with van der Waals surface area (Å²) in [6, 6.07) is 13.2. The topological polar surface area (TPSA) is 70.7 Å². The summed E-state index contributed by atoms with van der Waals surface area (Å²) >= 11 is 0. The molecule has 0 fully saturated rings. The molecule has 0 aromatic heterocycles. The molecule has 0 saturated carbocycles. The molecule has 0 spiro atoms. The van der Waals surface area contributed by atoms with Crippen molar-refractivity contribution in [2.24, 2.45) is 0 Å². The third-order valence-corrected chi connectivity index (χ3v) is 3.86. The largest absolute Gasteiger partial charge is 0.435 e. The molecular formula is C20H23F2N3O3. The van der Waals surface area contributed by atoms with Gasteiger partial charge in [0.1, 0.15) is 5.75 Å². The Morgan fingerprint density at radius 2 is 1.61 bits per heavy atom. The van der Waals surface area contributed by atoms with Crippen LogP contribution in [0.3, 0.4) is 0 Å². The molecule has 2 amide bonds. The van der Waals surface area contributed by atoms with E-state index in [0.29, 0.717) is 5.69 Å². The molecule has 6 nitrogen and oxygen atoms in total. The Hall–Kier alpha value is -3.00. The van der Waals surface area contributed by atoms with Crippen LogP contribution in [0.1, 0.15) is 12.5 Å². The second-order valence-electron chi connectivity index (χ2n) is 6.18. The zero-order valence-corrected chi connectivity index (χ0v) is 15.7. The number of amides is 2. The van der Waals surface area contributed by atoms with Crippen LogP contribution < -0.4 is 15.4 Å². The fourth-order valence-corrected chi connectivity index (χ4v) is 2.61. The van der Waals surface area contributed by atoms with Gasteiger partial charge in [-0.15, -0.1) is 0 Å². The van der Waals surface area contributed by atoms with E-state index in [0.717, 1.165) is 17.7 Å². The van der Waals surface area contributed by atoms with Gasteiger partial charge in [0.2, 0.25) is 11.8 Å². The number of likely N-dealkylation sites (N-methyl/N-ethyl adjacent to an activating group) is 1. The van der Waals surface area contributed by atoms with Gasteiger partial charge in [0, 0.05) is 11.4 Å². The van der Waals surface area contributed by atoms with Crippen LogP contribution in [0, 0.1) is 0 Å². The van der Waals surface area contributed by atoms with E-state index in [9.17, 15) is 18.4 Å². The molecule has 28 heavy (non-hydrogen) atoms. The average molecular weight is 391 g/mol. The number of ether oxygens (including phenoxy) is 1. The predicted octanol–water partition coefficient (Wildman–Crippen LogP) is 3.36. The maximum Gasteiger partial charge on any atom is 0.387 e. The van der Waals surface area contributed by atoms with Crippen molar-refractivity contribution in [3.8, 4) is 5.75 Å². The molecule has 150 valence electrons. The molecule has 0 atom stereocenters. The zero-order chi connectivity index (χ0) is 20.5. The number of nitrogens with one attached hydrogen (secondary N) is 2. The lowest BCUT2D eigenvalue weighted by atomic mass is 10.1. The van der Waals surface area contributed by atoms with Gasteiger partial charge in [0.15, 0.2) is 0 Å². The van der Waals surface area contributed by atoms with Crippen molar-refractivity contribution in [3.63, 3.8) is 0 Å². The number of anilines is 2. The summed E-state index contributed by atoms with van der Waals surface area (Å²) < 4.78 is 28.5. The Labute approximate surface area is 162 Å². The summed E-state index contributed by atoms with van der Waals surface area (Å²) in [7, 11) is 1.66. The van der Waals surface area contributed by atoms with Crippen LogP contribution in [0.15, 0.2) is 48.5 Å². The van der Waals surface area contributed by atoms with E-state index in [1.54, 1.807) is 11.9 Å². The van der Waals surface area contributed by atoms with Crippen molar-refractivity contribution < 1.29 is 23.1 Å². The first-order valence-corrected chi connectivity index (χ1v) is 8.78. The lowest BCUT2D eigenvalue weighted by Crippen LogP contribution is -2.36. The van der Waals surface area contributed by atoms with Crippen LogP contribution in [0.2, 0.25) is 0 Å². The molecule has 2 rings (SSSR count). The van der Waals surface area contributed by atoms with E-state index < -0.39 is 6.61 Å². The molecule has 0 aliphatic rings. The first-order chi connectivity index (χ1) is 13.4. The molecule has 0 saturated heterocycles. The molecule has 2 aromatic rings. The first-order valence-electron chi connectivity index (χ1n) is 8.78. The number of benzene rings is 2. The minimum atomic E-state index is -2.90. The van der Waals surface area contributed by atoms with Crippen LogP contribution in [-0.2, 0) is 16.0 Å². The van der Waals surface area contributed by atoms with Crippen molar-refractivity contribution >= 4 is 23.2 Å². The monoisotopic (exact) mass is 391 g/mol. The summed E-state index contributed by atoms with van der Waals surface area (Å²) in [4.78, 5) is 25.9. The third kappa shape index (κ3) is 6.96. The minimum Gasteiger partial charge on any atom is -0.435 e. The molecule has 0 radical (unpaired) electrons. The molecule has 0 aliphatic heterocycles. The normalized spacial score (nSPS) is 10.8. The highest BCUT2D eigenvalue weighted by atomic mass is 19.3. The van der Waals surface area contributed by atoms with Gasteiger partial charge in [-0.25, -0.2) is 0 Å². The fourth-order valence-electron chi connectivity index (χ4n) is 2.61. The van der Waals surface area contributed by atoms with E-state index in [-0.39, 0.29) is 30.7 Å². The van der Waals surface area contributed by atoms with E-state index >= 15 is 0 Å². The highest BCUT2D eigenvalue weighted by molar-refractivity contribution is 5.95. The van der Waals surface area contributed by atoms with Crippen molar-refractivity contribution in [1.29, 1.82) is 0 Å². The van der Waals surface area contributed by atoms with Crippen molar-refractivity contribution in [1.82, 2.24) is 4.90 Å². The van der Waals surface area contributed by atoms with Crippen molar-refractivity contribution in [3.05, 3.63) is 54.1 Å². The maximum atomic E-state index is 12.2. The SMILES string of the molecule is CCc1ccccc1NC(=O)CN(C)CC(=O)Nc1ccc(OC(F)F)cc1. The first kappa shape index (κ1) is 21.3. The summed E-state index contributed by atoms with van der Waals surface area (Å²) in [5, 5.41) is 5.49. The van der Waals surface area contributed by atoms with Crippen LogP contribution in [0.25, 0.3) is 0 Å². The maximum absolute atomic E-state index is 12.2. The quantitative estimate of drug-likeness (QED) is 0.688. The number of alkyl halides is 2. The number of rotatable bonds is 9. The van der Waals surface area contributed by atoms with Crippen LogP contribution in [0.4, 0.5) is 20.2 Å². The van der Waals surface area contributed by atoms with Gasteiger partial charge in [-0.1, -0.05) is 25.1 Å². The Bertz CT molecular complexity index is 798. The van der Waals surface area contributed by atoms with Crippen LogP contribution in [0.5, 0.6) is 5.75 Å². The van der Waals surface area contributed by atoms with Gasteiger partial charge in [0.05, 0.1) is 13.1 Å². The standard InChI is InChI=1S/C20H23F2N3O3/c1-3-14-6-4-5-7-17(14)24-19(27)13-25(2)12-18(26)23-15-8-10-16(11-9-15)28-20(21)22/h4-11,20H,3,12-13H2,1-2H3,(H,23,26)(H,24,27). The van der Waals surface area contributed by atoms with E-state index in [1.807, 2.05) is 31.2 Å². The Morgan fingerprint density at radius 1 is 1.00 bits per heavy atom. The average Bonchev–Trinajstić information content (AvgIpc) is 2.63. The number of nitrogens with zero attached hydrogens (tertiary/aromatic N) is 1. The number of carbonyl (C=O) groups is 2. The summed E-state index contributed by atoms with van der Waals surface area (Å²) in [6.45, 7) is -0.845. The van der Waals surface area contributed by atoms with Crippen molar-refractivity contribution in [2.75, 3.05) is 30.8 Å². The number of halogens is 2. The molecule has 2 aromatic carbocycles. The highest BCUT2D eigenvalue weighted by Crippen LogP contribution is 2.18. The molecule has 0 unspecified atom stereocenters. The number of hydrogen-bond donors (Lipinski definition) is 2. The van der Waals surface area contributed by atoms with Crippen molar-refractivity contribution in [2.45, 2.75) is 20.0 Å². The summed E-state index contributed by atoms with van der Waals surface area (Å²) in [6.07, 6.45) is 0.801. The molecule has 0 aliphatic carbocycles. The minimum absolute atomic E-state index is 0.00186. The lowest BCUT2D eigenvalue weighted by Gasteiger charge is -2.17. The number of para-hydroxylation sites is 1. The molecule has 0 bridgehead atoms. The van der Waals surface area contributed by atoms with E-state index in [2.05, 4.69) is 15.4 Å². The van der Waals surface area contributed by atoms with Crippen LogP contribution in [-0.4, -0.2) is 43.5 Å². The third-order valence-electron chi connectivity index (χ3n) is 3.86.